The highest BCUT2D eigenvalue weighted by atomic mass is 16.5. The molecule has 0 spiro atoms. The molecule has 82 valence electrons. The summed E-state index contributed by atoms with van der Waals surface area (Å²) in [5.41, 5.74) is 0.940. The second-order valence-corrected chi connectivity index (χ2v) is 3.00. The Morgan fingerprint density at radius 2 is 2.00 bits per heavy atom. The summed E-state index contributed by atoms with van der Waals surface area (Å²) in [7, 11) is 1.52. The van der Waals surface area contributed by atoms with Crippen LogP contribution in [0.2, 0.25) is 0 Å². The minimum absolute atomic E-state index is 0.0487. The first kappa shape index (κ1) is 11.4. The average Bonchev–Trinajstić information content (AvgIpc) is 2.23. The summed E-state index contributed by atoms with van der Waals surface area (Å²) >= 11 is 0. The third-order valence-electron chi connectivity index (χ3n) is 1.94. The minimum atomic E-state index is 0.0487. The smallest absolute Gasteiger partial charge is 0.200 e. The van der Waals surface area contributed by atoms with Crippen molar-refractivity contribution in [1.82, 2.24) is 0 Å². The van der Waals surface area contributed by atoms with Crippen LogP contribution in [0, 0.1) is 0 Å². The van der Waals surface area contributed by atoms with Crippen LogP contribution >= 0.6 is 0 Å². The maximum atomic E-state index is 9.74. The third kappa shape index (κ3) is 2.65. The fraction of sp³-hybridized carbons (Fsp3) is 0.333. The van der Waals surface area contributed by atoms with Crippen LogP contribution in [0.3, 0.4) is 0 Å². The van der Waals surface area contributed by atoms with Crippen molar-refractivity contribution >= 4 is 6.08 Å². The molecule has 0 saturated carbocycles. The van der Waals surface area contributed by atoms with Crippen molar-refractivity contribution in [2.24, 2.45) is 0 Å². The summed E-state index contributed by atoms with van der Waals surface area (Å²) in [5, 5.41) is 9.74. The Kier molecular flexibility index (Phi) is 4.03. The predicted octanol–water partition coefficient (Wildman–Crippen LogP) is 2.83. The molecule has 0 aliphatic carbocycles. The summed E-state index contributed by atoms with van der Waals surface area (Å²) in [5.74, 6) is 0.923. The first-order chi connectivity index (χ1) is 7.22. The van der Waals surface area contributed by atoms with Crippen molar-refractivity contribution in [2.75, 3.05) is 13.7 Å². The van der Waals surface area contributed by atoms with Crippen molar-refractivity contribution in [3.05, 3.63) is 23.8 Å². The molecule has 3 nitrogen and oxygen atoms in total. The maximum absolute atomic E-state index is 9.74. The van der Waals surface area contributed by atoms with Crippen LogP contribution in [0.5, 0.6) is 17.2 Å². The van der Waals surface area contributed by atoms with Gasteiger partial charge in [0.1, 0.15) is 0 Å². The Morgan fingerprint density at radius 1 is 1.33 bits per heavy atom. The van der Waals surface area contributed by atoms with Gasteiger partial charge < -0.3 is 14.6 Å². The molecule has 0 aliphatic heterocycles. The van der Waals surface area contributed by atoms with Gasteiger partial charge in [0.25, 0.3) is 0 Å². The van der Waals surface area contributed by atoms with E-state index in [2.05, 4.69) is 0 Å². The van der Waals surface area contributed by atoms with Gasteiger partial charge in [-0.25, -0.2) is 0 Å². The zero-order valence-electron chi connectivity index (χ0n) is 9.28. The quantitative estimate of drug-likeness (QED) is 0.826. The molecule has 3 heteroatoms. The van der Waals surface area contributed by atoms with Crippen molar-refractivity contribution in [2.45, 2.75) is 13.8 Å². The number of phenols is 1. The molecule has 15 heavy (non-hydrogen) atoms. The van der Waals surface area contributed by atoms with E-state index in [4.69, 9.17) is 9.47 Å². The van der Waals surface area contributed by atoms with Gasteiger partial charge in [0.15, 0.2) is 11.5 Å². The van der Waals surface area contributed by atoms with Crippen LogP contribution in [0.25, 0.3) is 6.08 Å². The Bertz CT molecular complexity index is 356. The topological polar surface area (TPSA) is 38.7 Å². The van der Waals surface area contributed by atoms with Crippen molar-refractivity contribution in [3.63, 3.8) is 0 Å². The second kappa shape index (κ2) is 5.29. The second-order valence-electron chi connectivity index (χ2n) is 3.00. The molecule has 0 saturated heterocycles. The monoisotopic (exact) mass is 208 g/mol. The summed E-state index contributed by atoms with van der Waals surface area (Å²) in [6.45, 7) is 4.31. The van der Waals surface area contributed by atoms with Gasteiger partial charge in [-0.3, -0.25) is 0 Å². The van der Waals surface area contributed by atoms with Crippen LogP contribution in [-0.4, -0.2) is 18.8 Å². The summed E-state index contributed by atoms with van der Waals surface area (Å²) in [6, 6.07) is 3.54. The first-order valence-electron chi connectivity index (χ1n) is 4.89. The van der Waals surface area contributed by atoms with Crippen molar-refractivity contribution in [1.29, 1.82) is 0 Å². The number of hydrogen-bond donors (Lipinski definition) is 1. The van der Waals surface area contributed by atoms with Gasteiger partial charge in [-0.1, -0.05) is 12.2 Å². The summed E-state index contributed by atoms with van der Waals surface area (Å²) in [4.78, 5) is 0. The van der Waals surface area contributed by atoms with Crippen molar-refractivity contribution < 1.29 is 14.6 Å². The van der Waals surface area contributed by atoms with Crippen LogP contribution in [0.1, 0.15) is 19.4 Å². The highest BCUT2D eigenvalue weighted by Crippen LogP contribution is 2.37. The molecule has 0 amide bonds. The Hall–Kier alpha value is -1.64. The van der Waals surface area contributed by atoms with E-state index in [-0.39, 0.29) is 5.75 Å². The number of aromatic hydroxyl groups is 1. The molecule has 0 aliphatic rings. The van der Waals surface area contributed by atoms with Gasteiger partial charge in [0.05, 0.1) is 13.7 Å². The number of allylic oxidation sites excluding steroid dienone is 1. The molecule has 1 N–H and O–H groups in total. The number of benzene rings is 1. The van der Waals surface area contributed by atoms with Gasteiger partial charge in [0.2, 0.25) is 5.75 Å². The van der Waals surface area contributed by atoms with Gasteiger partial charge in [-0.2, -0.15) is 0 Å². The lowest BCUT2D eigenvalue weighted by atomic mass is 10.1. The number of rotatable bonds is 4. The number of hydrogen-bond acceptors (Lipinski definition) is 3. The Balaban J connectivity index is 3.18. The Morgan fingerprint density at radius 3 is 2.53 bits per heavy atom. The van der Waals surface area contributed by atoms with Crippen molar-refractivity contribution in [3.8, 4) is 17.2 Å². The van der Waals surface area contributed by atoms with Crippen LogP contribution in [0.4, 0.5) is 0 Å². The molecular formula is C12H16O3. The fourth-order valence-corrected chi connectivity index (χ4v) is 1.31. The van der Waals surface area contributed by atoms with Crippen LogP contribution in [0.15, 0.2) is 18.2 Å². The van der Waals surface area contributed by atoms with Gasteiger partial charge in [-0.15, -0.1) is 0 Å². The number of methoxy groups -OCH3 is 1. The Labute approximate surface area is 90.0 Å². The molecule has 0 fully saturated rings. The van der Waals surface area contributed by atoms with E-state index >= 15 is 0 Å². The molecular weight excluding hydrogens is 192 g/mol. The highest BCUT2D eigenvalue weighted by molar-refractivity contribution is 5.61. The lowest BCUT2D eigenvalue weighted by Gasteiger charge is -2.10. The van der Waals surface area contributed by atoms with E-state index in [0.717, 1.165) is 5.56 Å². The third-order valence-corrected chi connectivity index (χ3v) is 1.94. The maximum Gasteiger partial charge on any atom is 0.200 e. The molecule has 0 bridgehead atoms. The SMILES string of the molecule is CC=Cc1cc(OC)c(O)c(OCC)c1. The van der Waals surface area contributed by atoms with Crippen LogP contribution in [-0.2, 0) is 0 Å². The normalized spacial score (nSPS) is 10.6. The molecule has 1 aromatic rings. The summed E-state index contributed by atoms with van der Waals surface area (Å²) in [6.07, 6.45) is 3.84. The van der Waals surface area contributed by atoms with E-state index < -0.39 is 0 Å². The number of phenolic OH excluding ortho intramolecular Hbond substituents is 1. The molecule has 1 aromatic carbocycles. The van der Waals surface area contributed by atoms with E-state index in [0.29, 0.717) is 18.1 Å². The lowest BCUT2D eigenvalue weighted by Crippen LogP contribution is -1.94. The van der Waals surface area contributed by atoms with E-state index in [9.17, 15) is 5.11 Å². The zero-order valence-corrected chi connectivity index (χ0v) is 9.28. The molecule has 1 rings (SSSR count). The van der Waals surface area contributed by atoms with E-state index in [1.54, 1.807) is 12.1 Å². The van der Waals surface area contributed by atoms with E-state index in [1.807, 2.05) is 26.0 Å². The number of ether oxygens (including phenoxy) is 2. The molecule has 0 aromatic heterocycles. The molecule has 0 radical (unpaired) electrons. The summed E-state index contributed by atoms with van der Waals surface area (Å²) < 4.78 is 10.4. The average molecular weight is 208 g/mol. The molecule has 0 heterocycles. The fourth-order valence-electron chi connectivity index (χ4n) is 1.31. The molecule has 0 unspecified atom stereocenters. The standard InChI is InChI=1S/C12H16O3/c1-4-6-9-7-10(14-3)12(13)11(8-9)15-5-2/h4,6-8,13H,5H2,1-3H3. The molecule has 0 atom stereocenters. The largest absolute Gasteiger partial charge is 0.502 e. The lowest BCUT2D eigenvalue weighted by molar-refractivity contribution is 0.305. The van der Waals surface area contributed by atoms with Crippen LogP contribution < -0.4 is 9.47 Å². The van der Waals surface area contributed by atoms with Gasteiger partial charge >= 0.3 is 0 Å². The zero-order chi connectivity index (χ0) is 11.3. The highest BCUT2D eigenvalue weighted by Gasteiger charge is 2.10. The van der Waals surface area contributed by atoms with Gasteiger partial charge in [0, 0.05) is 0 Å². The minimum Gasteiger partial charge on any atom is -0.502 e. The van der Waals surface area contributed by atoms with Gasteiger partial charge in [-0.05, 0) is 31.5 Å². The first-order valence-corrected chi connectivity index (χ1v) is 4.89. The van der Waals surface area contributed by atoms with E-state index in [1.165, 1.54) is 7.11 Å². The predicted molar refractivity (Wildman–Crippen MR) is 60.5 cm³/mol.